The molecule has 5 rings (SSSR count). The van der Waals surface area contributed by atoms with Crippen molar-refractivity contribution < 1.29 is 36.6 Å². The van der Waals surface area contributed by atoms with Crippen molar-refractivity contribution in [1.29, 1.82) is 0 Å². The molecule has 44 heavy (non-hydrogen) atoms. The van der Waals surface area contributed by atoms with E-state index in [1.807, 2.05) is 0 Å². The minimum absolute atomic E-state index is 0. The average molecular weight is 717 g/mol. The topological polar surface area (TPSA) is 115 Å². The molecule has 0 heterocycles. The van der Waals surface area contributed by atoms with Gasteiger partial charge in [-0.2, -0.15) is 0 Å². The Balaban J connectivity index is 0.000000672. The van der Waals surface area contributed by atoms with Crippen LogP contribution in [-0.4, -0.2) is 21.2 Å². The maximum absolute atomic E-state index is 8.89. The second-order valence-electron chi connectivity index (χ2n) is 9.02. The summed E-state index contributed by atoms with van der Waals surface area (Å²) in [4.78, 5) is 17.8. The maximum atomic E-state index is 8.89. The molecule has 0 atom stereocenters. The van der Waals surface area contributed by atoms with Crippen LogP contribution in [0.4, 0.5) is 0 Å². The summed E-state index contributed by atoms with van der Waals surface area (Å²) >= 11 is -1.04. The summed E-state index contributed by atoms with van der Waals surface area (Å²) in [6.45, 7) is 1.94. The Kier molecular flexibility index (Phi) is 17.1. The summed E-state index contributed by atoms with van der Waals surface area (Å²) in [5, 5.41) is 23.7. The van der Waals surface area contributed by atoms with Crippen LogP contribution in [0.3, 0.4) is 0 Å². The van der Waals surface area contributed by atoms with Crippen molar-refractivity contribution in [2.75, 3.05) is 9.27 Å². The number of carbonyl (C=O) groups excluding carboxylic acids is 2. The van der Waals surface area contributed by atoms with Crippen LogP contribution in [0, 0.1) is 0 Å². The molecular formula is C36H38NO4P2Pd. The third kappa shape index (κ3) is 13.0. The van der Waals surface area contributed by atoms with Gasteiger partial charge < -0.3 is 26.0 Å². The van der Waals surface area contributed by atoms with Crippen molar-refractivity contribution in [1.82, 2.24) is 6.15 Å². The summed E-state index contributed by atoms with van der Waals surface area (Å²) in [7, 11) is -0.840. The molecule has 0 unspecified atom stereocenters. The van der Waals surface area contributed by atoms with Gasteiger partial charge >= 0.3 is 219 Å². The SMILES string of the molecule is CC(=O)[O-].CC(=O)[O-].N.c1ccc(P([CH2][Pd+2]([CH2]P(c2ccccc2)c2ccccc2)[c]2ccccc2)c2ccccc2)cc1. The van der Waals surface area contributed by atoms with Crippen LogP contribution in [0.5, 0.6) is 0 Å². The van der Waals surface area contributed by atoms with E-state index >= 15 is 0 Å². The number of aliphatic carboxylic acids is 2. The van der Waals surface area contributed by atoms with E-state index in [0.29, 0.717) is 0 Å². The van der Waals surface area contributed by atoms with Crippen molar-refractivity contribution in [3.63, 3.8) is 0 Å². The van der Waals surface area contributed by atoms with Gasteiger partial charge in [0.1, 0.15) is 0 Å². The molecular weight excluding hydrogens is 679 g/mol. The first-order valence-corrected chi connectivity index (χ1v) is 19.5. The van der Waals surface area contributed by atoms with E-state index in [-0.39, 0.29) is 6.15 Å². The molecule has 0 aliphatic rings. The van der Waals surface area contributed by atoms with E-state index in [4.69, 9.17) is 19.8 Å². The minimum atomic E-state index is -1.08. The van der Waals surface area contributed by atoms with Crippen molar-refractivity contribution in [3.05, 3.63) is 152 Å². The van der Waals surface area contributed by atoms with Crippen molar-refractivity contribution in [3.8, 4) is 0 Å². The van der Waals surface area contributed by atoms with Crippen molar-refractivity contribution in [2.45, 2.75) is 13.8 Å². The van der Waals surface area contributed by atoms with E-state index < -0.39 is 44.5 Å². The van der Waals surface area contributed by atoms with Gasteiger partial charge in [0, 0.05) is 11.9 Å². The molecule has 5 aromatic rings. The number of carboxylic acid groups (broad SMARTS) is 2. The standard InChI is InChI=1S/2C13H12P.C6H5.2C2H4O2.H3N.Pd/c2*1-14(12-8-4-2-5-9-12)13-10-6-3-7-11-13;1-2-4-6-5-3-1;2*1-2(3)4;;/h2*2-11H,1H2;1-5H;2*1H3,(H,3,4);1H3;/q;;;;;;+2/p-2. The van der Waals surface area contributed by atoms with Gasteiger partial charge in [-0.25, -0.2) is 0 Å². The Labute approximate surface area is 269 Å². The fourth-order valence-corrected chi connectivity index (χ4v) is 19.2. The Morgan fingerprint density at radius 2 is 0.682 bits per heavy atom. The van der Waals surface area contributed by atoms with Gasteiger partial charge in [-0.1, -0.05) is 0 Å². The van der Waals surface area contributed by atoms with Gasteiger partial charge in [-0.05, 0) is 13.8 Å². The molecule has 0 amide bonds. The zero-order valence-electron chi connectivity index (χ0n) is 24.9. The molecule has 0 saturated carbocycles. The molecule has 0 spiro atoms. The van der Waals surface area contributed by atoms with E-state index in [9.17, 15) is 0 Å². The quantitative estimate of drug-likeness (QED) is 0.184. The summed E-state index contributed by atoms with van der Waals surface area (Å²) in [5.74, 6) is -2.17. The molecule has 5 nitrogen and oxygen atoms in total. The number of rotatable bonds is 9. The van der Waals surface area contributed by atoms with Crippen molar-refractivity contribution in [2.24, 2.45) is 0 Å². The number of carboxylic acids is 2. The Morgan fingerprint density at radius 3 is 0.909 bits per heavy atom. The summed E-state index contributed by atoms with van der Waals surface area (Å²) in [5.41, 5.74) is 0. The Morgan fingerprint density at radius 1 is 0.477 bits per heavy atom. The Bertz CT molecular complexity index is 1310. The van der Waals surface area contributed by atoms with E-state index in [2.05, 4.69) is 152 Å². The number of hydrogen-bond donors (Lipinski definition) is 1. The van der Waals surface area contributed by atoms with Crippen LogP contribution in [0.1, 0.15) is 13.8 Å². The number of carbonyl (C=O) groups is 2. The van der Waals surface area contributed by atoms with Gasteiger partial charge in [-0.15, -0.1) is 0 Å². The molecule has 0 radical (unpaired) electrons. The second-order valence-corrected chi connectivity index (χ2v) is 18.9. The first kappa shape index (κ1) is 36.7. The van der Waals surface area contributed by atoms with E-state index in [0.717, 1.165) is 13.8 Å². The summed E-state index contributed by atoms with van der Waals surface area (Å²) in [6.07, 6.45) is 0. The third-order valence-corrected chi connectivity index (χ3v) is 18.6. The normalized spacial score (nSPS) is 10.3. The molecule has 3 N–H and O–H groups in total. The number of benzene rings is 5. The predicted octanol–water partition coefficient (Wildman–Crippen LogP) is 3.79. The van der Waals surface area contributed by atoms with Crippen LogP contribution in [-0.2, 0) is 26.3 Å². The van der Waals surface area contributed by atoms with E-state index in [1.165, 1.54) is 30.5 Å². The molecule has 231 valence electrons. The van der Waals surface area contributed by atoms with Gasteiger partial charge in [0.2, 0.25) is 0 Å². The predicted molar refractivity (Wildman–Crippen MR) is 180 cm³/mol. The average Bonchev–Trinajstić information content (AvgIpc) is 3.03. The van der Waals surface area contributed by atoms with Gasteiger partial charge in [0.15, 0.2) is 0 Å². The zero-order chi connectivity index (χ0) is 30.9. The van der Waals surface area contributed by atoms with Gasteiger partial charge in [-0.3, -0.25) is 0 Å². The third-order valence-electron chi connectivity index (χ3n) is 5.68. The van der Waals surface area contributed by atoms with Gasteiger partial charge in [0.05, 0.1) is 0 Å². The summed E-state index contributed by atoms with van der Waals surface area (Å²) in [6, 6.07) is 56.2. The second kappa shape index (κ2) is 20.5. The summed E-state index contributed by atoms with van der Waals surface area (Å²) < 4.78 is 4.09. The molecule has 0 fully saturated rings. The Hall–Kier alpha value is -3.48. The molecule has 0 saturated heterocycles. The fourth-order valence-electron chi connectivity index (χ4n) is 3.90. The van der Waals surface area contributed by atoms with Crippen LogP contribution >= 0.6 is 15.8 Å². The van der Waals surface area contributed by atoms with Crippen LogP contribution in [0.2, 0.25) is 0 Å². The first-order chi connectivity index (χ1) is 20.8. The monoisotopic (exact) mass is 716 g/mol. The van der Waals surface area contributed by atoms with Crippen LogP contribution in [0.15, 0.2) is 152 Å². The van der Waals surface area contributed by atoms with Crippen LogP contribution in [0.25, 0.3) is 0 Å². The molecule has 0 bridgehead atoms. The molecule has 5 aromatic carbocycles. The fraction of sp³-hybridized carbons (Fsp3) is 0.111. The van der Waals surface area contributed by atoms with Crippen LogP contribution < -0.4 is 41.6 Å². The first-order valence-electron chi connectivity index (χ1n) is 13.5. The zero-order valence-corrected chi connectivity index (χ0v) is 28.2. The molecule has 0 aromatic heterocycles. The van der Waals surface area contributed by atoms with Gasteiger partial charge in [0.25, 0.3) is 0 Å². The van der Waals surface area contributed by atoms with E-state index in [1.54, 1.807) is 4.04 Å². The number of hydrogen-bond acceptors (Lipinski definition) is 5. The molecule has 8 heteroatoms. The molecule has 0 aliphatic heterocycles. The van der Waals surface area contributed by atoms with Crippen molar-refractivity contribution >= 4 is 53.0 Å². The molecule has 0 aliphatic carbocycles.